The number of anilines is 1. The minimum absolute atomic E-state index is 0.877. The highest BCUT2D eigenvalue weighted by Gasteiger charge is 2.06. The molecule has 3 heteroatoms. The van der Waals surface area contributed by atoms with E-state index in [0.717, 1.165) is 34.0 Å². The van der Waals surface area contributed by atoms with Crippen LogP contribution >= 0.6 is 11.8 Å². The molecule has 0 unspecified atom stereocenters. The molecule has 0 radical (unpaired) electrons. The summed E-state index contributed by atoms with van der Waals surface area (Å²) in [5.41, 5.74) is 14.3. The predicted molar refractivity (Wildman–Crippen MR) is 89.0 cm³/mol. The smallest absolute Gasteiger partial charge is 0.0552 e. The number of rotatable bonds is 4. The van der Waals surface area contributed by atoms with Crippen molar-refractivity contribution in [2.75, 3.05) is 5.73 Å². The summed E-state index contributed by atoms with van der Waals surface area (Å²) in [6, 6.07) is 6.72. The van der Waals surface area contributed by atoms with Gasteiger partial charge in [0, 0.05) is 23.4 Å². The fourth-order valence-electron chi connectivity index (χ4n) is 2.36. The first kappa shape index (κ1) is 14.9. The molecule has 2 N–H and O–H groups in total. The Labute approximate surface area is 125 Å². The fourth-order valence-corrected chi connectivity index (χ4v) is 3.34. The van der Waals surface area contributed by atoms with Crippen LogP contribution < -0.4 is 5.73 Å². The second-order valence-electron chi connectivity index (χ2n) is 5.42. The highest BCUT2D eigenvalue weighted by Crippen LogP contribution is 2.24. The number of aryl methyl sites for hydroxylation is 3. The quantitative estimate of drug-likeness (QED) is 0.909. The third-order valence-electron chi connectivity index (χ3n) is 3.46. The van der Waals surface area contributed by atoms with Crippen molar-refractivity contribution in [3.63, 3.8) is 0 Å². The lowest BCUT2D eigenvalue weighted by atomic mass is 10.1. The molecule has 20 heavy (non-hydrogen) atoms. The molecule has 0 saturated carbocycles. The van der Waals surface area contributed by atoms with Crippen molar-refractivity contribution < 1.29 is 0 Å². The zero-order valence-corrected chi connectivity index (χ0v) is 13.5. The van der Waals surface area contributed by atoms with Gasteiger partial charge in [-0.05, 0) is 44.4 Å². The van der Waals surface area contributed by atoms with Crippen molar-refractivity contribution in [2.45, 2.75) is 39.2 Å². The van der Waals surface area contributed by atoms with Crippen molar-refractivity contribution in [2.24, 2.45) is 0 Å². The van der Waals surface area contributed by atoms with E-state index in [1.807, 2.05) is 24.9 Å². The van der Waals surface area contributed by atoms with Crippen LogP contribution in [0.2, 0.25) is 0 Å². The van der Waals surface area contributed by atoms with Crippen LogP contribution in [-0.4, -0.2) is 4.98 Å². The molecule has 1 heterocycles. The Morgan fingerprint density at radius 1 is 1.00 bits per heavy atom. The van der Waals surface area contributed by atoms with Gasteiger partial charge >= 0.3 is 0 Å². The first-order valence-electron chi connectivity index (χ1n) is 6.83. The molecule has 1 aromatic carbocycles. The molecule has 2 rings (SSSR count). The summed E-state index contributed by atoms with van der Waals surface area (Å²) in [5.74, 6) is 1.92. The monoisotopic (exact) mass is 286 g/mol. The summed E-state index contributed by atoms with van der Waals surface area (Å²) in [5, 5.41) is 0. The number of nitrogens with two attached hydrogens (primary N) is 1. The van der Waals surface area contributed by atoms with Gasteiger partial charge in [0.2, 0.25) is 0 Å². The Bertz CT molecular complexity index is 600. The molecule has 0 aliphatic rings. The van der Waals surface area contributed by atoms with E-state index in [2.05, 4.69) is 44.0 Å². The molecule has 0 aliphatic heterocycles. The van der Waals surface area contributed by atoms with Crippen LogP contribution in [0.4, 0.5) is 5.69 Å². The van der Waals surface area contributed by atoms with E-state index in [-0.39, 0.29) is 0 Å². The van der Waals surface area contributed by atoms with Gasteiger partial charge in [-0.3, -0.25) is 4.98 Å². The molecule has 0 saturated heterocycles. The van der Waals surface area contributed by atoms with E-state index in [1.54, 1.807) is 0 Å². The molecular weight excluding hydrogens is 264 g/mol. The van der Waals surface area contributed by atoms with Crippen LogP contribution in [0, 0.1) is 27.7 Å². The fraction of sp³-hybridized carbons (Fsp3) is 0.353. The maximum Gasteiger partial charge on any atom is 0.0552 e. The van der Waals surface area contributed by atoms with Crippen LogP contribution in [0.15, 0.2) is 24.4 Å². The van der Waals surface area contributed by atoms with Crippen LogP contribution in [-0.2, 0) is 11.5 Å². The number of nitrogens with zero attached hydrogens (tertiary/aromatic N) is 1. The van der Waals surface area contributed by atoms with Gasteiger partial charge in [-0.1, -0.05) is 29.3 Å². The van der Waals surface area contributed by atoms with E-state index in [4.69, 9.17) is 5.73 Å². The van der Waals surface area contributed by atoms with E-state index >= 15 is 0 Å². The first-order chi connectivity index (χ1) is 9.47. The molecule has 0 fully saturated rings. The summed E-state index contributed by atoms with van der Waals surface area (Å²) in [6.45, 7) is 8.35. The molecule has 1 aromatic heterocycles. The van der Waals surface area contributed by atoms with E-state index < -0.39 is 0 Å². The maximum absolute atomic E-state index is 6.06. The predicted octanol–water partition coefficient (Wildman–Crippen LogP) is 4.33. The molecule has 0 spiro atoms. The van der Waals surface area contributed by atoms with Gasteiger partial charge in [0.15, 0.2) is 0 Å². The summed E-state index contributed by atoms with van der Waals surface area (Å²) in [7, 11) is 0. The Morgan fingerprint density at radius 3 is 2.30 bits per heavy atom. The van der Waals surface area contributed by atoms with Crippen LogP contribution in [0.5, 0.6) is 0 Å². The Kier molecular flexibility index (Phi) is 4.71. The average Bonchev–Trinajstić information content (AvgIpc) is 2.38. The summed E-state index contributed by atoms with van der Waals surface area (Å²) < 4.78 is 0. The second-order valence-corrected chi connectivity index (χ2v) is 6.40. The lowest BCUT2D eigenvalue weighted by molar-refractivity contribution is 1.11. The van der Waals surface area contributed by atoms with Gasteiger partial charge in [-0.25, -0.2) is 0 Å². The minimum Gasteiger partial charge on any atom is -0.398 e. The standard InChI is InChI=1S/C17H22N2S/c1-11-5-12(2)7-15(6-11)9-20-10-16-14(4)17(18)13(3)8-19-16/h5-8H,9-10H2,1-4H3,(H2,18,19). The highest BCUT2D eigenvalue weighted by atomic mass is 32.2. The molecule has 106 valence electrons. The van der Waals surface area contributed by atoms with E-state index in [9.17, 15) is 0 Å². The number of benzene rings is 1. The lowest BCUT2D eigenvalue weighted by Crippen LogP contribution is -2.00. The largest absolute Gasteiger partial charge is 0.398 e. The van der Waals surface area contributed by atoms with Gasteiger partial charge in [0.1, 0.15) is 0 Å². The summed E-state index contributed by atoms with van der Waals surface area (Å²) >= 11 is 1.89. The Balaban J connectivity index is 2.01. The number of aromatic nitrogens is 1. The van der Waals surface area contributed by atoms with Crippen molar-refractivity contribution in [1.82, 2.24) is 4.98 Å². The number of hydrogen-bond donors (Lipinski definition) is 1. The number of hydrogen-bond acceptors (Lipinski definition) is 3. The third kappa shape index (κ3) is 3.54. The molecule has 2 nitrogen and oxygen atoms in total. The van der Waals surface area contributed by atoms with Crippen LogP contribution in [0.25, 0.3) is 0 Å². The van der Waals surface area contributed by atoms with Crippen LogP contribution in [0.3, 0.4) is 0 Å². The maximum atomic E-state index is 6.06. The van der Waals surface area contributed by atoms with Gasteiger partial charge in [0.05, 0.1) is 5.69 Å². The van der Waals surface area contributed by atoms with Crippen molar-refractivity contribution in [3.05, 3.63) is 57.9 Å². The van der Waals surface area contributed by atoms with Gasteiger partial charge < -0.3 is 5.73 Å². The lowest BCUT2D eigenvalue weighted by Gasteiger charge is -2.10. The van der Waals surface area contributed by atoms with Crippen molar-refractivity contribution in [1.29, 1.82) is 0 Å². The highest BCUT2D eigenvalue weighted by molar-refractivity contribution is 7.97. The molecular formula is C17H22N2S. The molecule has 0 bridgehead atoms. The van der Waals surface area contributed by atoms with Crippen molar-refractivity contribution in [3.8, 4) is 0 Å². The summed E-state index contributed by atoms with van der Waals surface area (Å²) in [4.78, 5) is 4.50. The average molecular weight is 286 g/mol. The molecule has 0 aliphatic carbocycles. The van der Waals surface area contributed by atoms with Gasteiger partial charge in [-0.15, -0.1) is 0 Å². The zero-order valence-electron chi connectivity index (χ0n) is 12.7. The first-order valence-corrected chi connectivity index (χ1v) is 7.98. The Hall–Kier alpha value is -1.48. The summed E-state index contributed by atoms with van der Waals surface area (Å²) in [6.07, 6.45) is 1.87. The van der Waals surface area contributed by atoms with E-state index in [1.165, 1.54) is 16.7 Å². The molecule has 2 aromatic rings. The normalized spacial score (nSPS) is 10.8. The van der Waals surface area contributed by atoms with Gasteiger partial charge in [-0.2, -0.15) is 11.8 Å². The number of pyridine rings is 1. The Morgan fingerprint density at radius 2 is 1.65 bits per heavy atom. The molecule has 0 amide bonds. The molecule has 0 atom stereocenters. The SMILES string of the molecule is Cc1cc(C)cc(CSCc2ncc(C)c(N)c2C)c1. The minimum atomic E-state index is 0.877. The van der Waals surface area contributed by atoms with E-state index in [0.29, 0.717) is 0 Å². The number of thioether (sulfide) groups is 1. The van der Waals surface area contributed by atoms with Crippen LogP contribution in [0.1, 0.15) is 33.5 Å². The third-order valence-corrected chi connectivity index (χ3v) is 4.48. The topological polar surface area (TPSA) is 38.9 Å². The second kappa shape index (κ2) is 6.31. The van der Waals surface area contributed by atoms with Crippen molar-refractivity contribution >= 4 is 17.4 Å². The van der Waals surface area contributed by atoms with Gasteiger partial charge in [0.25, 0.3) is 0 Å². The zero-order chi connectivity index (χ0) is 14.7. The number of nitrogen functional groups attached to an aromatic ring is 1.